The largest absolute Gasteiger partial charge is 0.329 e. The van der Waals surface area contributed by atoms with Crippen LogP contribution in [0.2, 0.25) is 0 Å². The van der Waals surface area contributed by atoms with E-state index in [2.05, 4.69) is 21.0 Å². The van der Waals surface area contributed by atoms with Crippen LogP contribution in [0, 0.1) is 5.95 Å². The number of hydrogen-bond donors (Lipinski definition) is 0. The van der Waals surface area contributed by atoms with Gasteiger partial charge in [-0.3, -0.25) is 4.79 Å². The van der Waals surface area contributed by atoms with E-state index in [1.807, 2.05) is 31.2 Å². The molecule has 0 aliphatic carbocycles. The fraction of sp³-hybridized carbons (Fsp3) is 0.429. The molecule has 2 unspecified atom stereocenters. The van der Waals surface area contributed by atoms with Crippen LogP contribution >= 0.6 is 27.5 Å². The number of hydrogen-bond acceptors (Lipinski definition) is 2. The topological polar surface area (TPSA) is 38.1 Å². The van der Waals surface area contributed by atoms with Crippen molar-refractivity contribution in [1.29, 1.82) is 0 Å². The van der Waals surface area contributed by atoms with E-state index < -0.39 is 35.6 Å². The third-order valence-electron chi connectivity index (χ3n) is 5.09. The molecule has 1 amide bonds. The van der Waals surface area contributed by atoms with Crippen molar-refractivity contribution in [1.82, 2.24) is 14.7 Å². The Bertz CT molecular complexity index is 940. The summed E-state index contributed by atoms with van der Waals surface area (Å²) in [6.45, 7) is 7.10. The third kappa shape index (κ3) is 4.91. The first-order valence-corrected chi connectivity index (χ1v) is 10.6. The van der Waals surface area contributed by atoms with Crippen molar-refractivity contribution in [2.24, 2.45) is 7.05 Å². The van der Waals surface area contributed by atoms with Gasteiger partial charge in [-0.25, -0.2) is 13.5 Å². The van der Waals surface area contributed by atoms with Gasteiger partial charge in [-0.05, 0) is 50.5 Å². The Labute approximate surface area is 187 Å². The Morgan fingerprint density at radius 3 is 2.30 bits per heavy atom. The summed E-state index contributed by atoms with van der Waals surface area (Å²) in [7, 11) is 1.19. The average Bonchev–Trinajstić information content (AvgIpc) is 2.98. The van der Waals surface area contributed by atoms with Crippen LogP contribution in [0.25, 0.3) is 5.57 Å². The summed E-state index contributed by atoms with van der Waals surface area (Å²) in [5, 5.41) is 3.96. The molecule has 1 aromatic carbocycles. The molecule has 0 saturated heterocycles. The summed E-state index contributed by atoms with van der Waals surface area (Å²) in [4.78, 5) is 14.8. The van der Waals surface area contributed by atoms with E-state index >= 15 is 0 Å². The number of amides is 1. The van der Waals surface area contributed by atoms with E-state index in [-0.39, 0.29) is 6.04 Å². The molecule has 0 radical (unpaired) electrons. The summed E-state index contributed by atoms with van der Waals surface area (Å²) < 4.78 is 43.1. The van der Waals surface area contributed by atoms with Gasteiger partial charge >= 0.3 is 0 Å². The lowest BCUT2D eigenvalue weighted by Crippen LogP contribution is -2.45. The number of allylic oxidation sites excluding steroid dienone is 1. The van der Waals surface area contributed by atoms with Gasteiger partial charge in [0.05, 0.1) is 6.04 Å². The molecule has 2 aromatic rings. The number of nitrogens with zero attached hydrogens (tertiary/aromatic N) is 3. The van der Waals surface area contributed by atoms with Crippen LogP contribution in [0.3, 0.4) is 0 Å². The Morgan fingerprint density at radius 2 is 1.83 bits per heavy atom. The van der Waals surface area contributed by atoms with Gasteiger partial charge in [0.25, 0.3) is 12.3 Å². The first-order chi connectivity index (χ1) is 14.0. The monoisotopic (exact) mass is 505 g/mol. The maximum absolute atomic E-state index is 14.6. The number of halogens is 5. The maximum Gasteiger partial charge on any atom is 0.283 e. The highest BCUT2D eigenvalue weighted by Crippen LogP contribution is 2.33. The number of carbonyl (C=O) groups is 1. The van der Waals surface area contributed by atoms with Crippen molar-refractivity contribution in [2.75, 3.05) is 0 Å². The van der Waals surface area contributed by atoms with Gasteiger partial charge in [0.2, 0.25) is 5.95 Å². The Hall–Kier alpha value is -1.80. The first-order valence-electron chi connectivity index (χ1n) is 9.46. The van der Waals surface area contributed by atoms with Crippen molar-refractivity contribution >= 4 is 39.0 Å². The molecule has 0 bridgehead atoms. The Morgan fingerprint density at radius 1 is 1.27 bits per heavy atom. The molecule has 4 nitrogen and oxygen atoms in total. The molecule has 30 heavy (non-hydrogen) atoms. The van der Waals surface area contributed by atoms with Gasteiger partial charge in [-0.15, -0.1) is 0 Å². The minimum absolute atomic E-state index is 0.362. The normalized spacial score (nSPS) is 14.5. The number of carbonyl (C=O) groups excluding carboxylic acids is 1. The third-order valence-corrected chi connectivity index (χ3v) is 5.82. The quantitative estimate of drug-likeness (QED) is 0.427. The molecule has 0 N–H and O–H groups in total. The number of benzene rings is 1. The minimum Gasteiger partial charge on any atom is -0.329 e. The molecule has 0 fully saturated rings. The molecule has 1 aromatic heterocycles. The van der Waals surface area contributed by atoms with Crippen LogP contribution in [0.5, 0.6) is 0 Å². The van der Waals surface area contributed by atoms with Gasteiger partial charge in [-0.2, -0.15) is 9.49 Å². The molecule has 0 aliphatic rings. The lowest BCUT2D eigenvalue weighted by Gasteiger charge is -2.36. The van der Waals surface area contributed by atoms with Gasteiger partial charge in [0.15, 0.2) is 0 Å². The fourth-order valence-corrected chi connectivity index (χ4v) is 3.98. The number of rotatable bonds is 7. The van der Waals surface area contributed by atoms with Gasteiger partial charge in [0.1, 0.15) is 11.3 Å². The highest BCUT2D eigenvalue weighted by atomic mass is 79.9. The van der Waals surface area contributed by atoms with Crippen molar-refractivity contribution in [3.8, 4) is 0 Å². The Balaban J connectivity index is 2.61. The number of aryl methyl sites for hydroxylation is 1. The van der Waals surface area contributed by atoms with E-state index in [0.717, 1.165) is 10.0 Å². The second-order valence-electron chi connectivity index (χ2n) is 7.08. The molecule has 0 spiro atoms. The lowest BCUT2D eigenvalue weighted by molar-refractivity contribution is 0.0636. The summed E-state index contributed by atoms with van der Waals surface area (Å²) in [6.07, 6.45) is -2.54. The molecular formula is C21H24BrClF3N3O. The lowest BCUT2D eigenvalue weighted by atomic mass is 9.95. The first kappa shape index (κ1) is 24.5. The van der Waals surface area contributed by atoms with Crippen molar-refractivity contribution in [2.45, 2.75) is 52.6 Å². The number of alkyl halides is 2. The molecule has 2 rings (SSSR count). The highest BCUT2D eigenvalue weighted by molar-refractivity contribution is 9.10. The zero-order valence-electron chi connectivity index (χ0n) is 17.4. The molecular weight excluding hydrogens is 483 g/mol. The summed E-state index contributed by atoms with van der Waals surface area (Å²) in [6, 6.07) is 6.40. The minimum atomic E-state index is -3.08. The zero-order valence-corrected chi connectivity index (χ0v) is 19.7. The summed E-state index contributed by atoms with van der Waals surface area (Å²) in [5.74, 6) is -1.93. The van der Waals surface area contributed by atoms with Crippen LogP contribution in [0.1, 0.15) is 62.2 Å². The van der Waals surface area contributed by atoms with Crippen molar-refractivity contribution in [3.05, 3.63) is 56.5 Å². The van der Waals surface area contributed by atoms with Crippen molar-refractivity contribution in [3.63, 3.8) is 0 Å². The standard InChI is InChI=1S/C21H24BrClF3N3O/c1-6-11(2)29(21(30)17-18(19(24)25)27-28(5)20(17)26)13(4)16(12(3)23)14-7-9-15(22)10-8-14/h7-11,13,19H,6H2,1-5H3/b16-12-. The van der Waals surface area contributed by atoms with E-state index in [9.17, 15) is 18.0 Å². The smallest absolute Gasteiger partial charge is 0.283 e. The molecule has 9 heteroatoms. The molecule has 0 aliphatic heterocycles. The molecule has 0 saturated carbocycles. The second kappa shape index (κ2) is 10.0. The SMILES string of the molecule is CCC(C)N(C(=O)c1c(C(F)F)nn(C)c1F)C(C)/C(=C(\C)Cl)c1ccc(Br)cc1. The van der Waals surface area contributed by atoms with Crippen LogP contribution in [0.15, 0.2) is 33.8 Å². The van der Waals surface area contributed by atoms with Crippen LogP contribution in [0.4, 0.5) is 13.2 Å². The van der Waals surface area contributed by atoms with Gasteiger partial charge < -0.3 is 4.90 Å². The summed E-state index contributed by atoms with van der Waals surface area (Å²) in [5.41, 5.74) is -0.139. The second-order valence-corrected chi connectivity index (χ2v) is 8.56. The fourth-order valence-electron chi connectivity index (χ4n) is 3.45. The van der Waals surface area contributed by atoms with Gasteiger partial charge in [0, 0.05) is 22.6 Å². The predicted molar refractivity (Wildman–Crippen MR) is 116 cm³/mol. The molecule has 164 valence electrons. The van der Waals surface area contributed by atoms with Gasteiger partial charge in [-0.1, -0.05) is 46.6 Å². The highest BCUT2D eigenvalue weighted by Gasteiger charge is 2.36. The van der Waals surface area contributed by atoms with Crippen LogP contribution in [-0.2, 0) is 7.05 Å². The van der Waals surface area contributed by atoms with E-state index in [1.165, 1.54) is 11.9 Å². The maximum atomic E-state index is 14.6. The molecule has 1 heterocycles. The zero-order chi connectivity index (χ0) is 22.7. The number of aromatic nitrogens is 2. The van der Waals surface area contributed by atoms with E-state index in [1.54, 1.807) is 20.8 Å². The summed E-state index contributed by atoms with van der Waals surface area (Å²) >= 11 is 9.77. The van der Waals surface area contributed by atoms with E-state index in [4.69, 9.17) is 11.6 Å². The Kier molecular flexibility index (Phi) is 8.16. The van der Waals surface area contributed by atoms with Crippen molar-refractivity contribution < 1.29 is 18.0 Å². The van der Waals surface area contributed by atoms with Crippen LogP contribution < -0.4 is 0 Å². The molecule has 2 atom stereocenters. The van der Waals surface area contributed by atoms with Crippen LogP contribution in [-0.4, -0.2) is 32.7 Å². The van der Waals surface area contributed by atoms with E-state index in [0.29, 0.717) is 21.7 Å². The average molecular weight is 507 g/mol. The predicted octanol–water partition coefficient (Wildman–Crippen LogP) is 6.56.